The maximum atomic E-state index is 12.7. The third-order valence-electron chi connectivity index (χ3n) is 3.67. The van der Waals surface area contributed by atoms with Gasteiger partial charge in [0.05, 0.1) is 18.0 Å². The van der Waals surface area contributed by atoms with Crippen LogP contribution in [0, 0.1) is 11.3 Å². The van der Waals surface area contributed by atoms with Crippen LogP contribution in [0.3, 0.4) is 0 Å². The van der Waals surface area contributed by atoms with E-state index in [2.05, 4.69) is 11.2 Å². The van der Waals surface area contributed by atoms with Gasteiger partial charge >= 0.3 is 0 Å². The summed E-state index contributed by atoms with van der Waals surface area (Å²) in [5.41, 5.74) is 1.44. The van der Waals surface area contributed by atoms with Crippen molar-refractivity contribution < 1.29 is 4.79 Å². The number of hydrogen-bond donors (Lipinski definition) is 0. The van der Waals surface area contributed by atoms with E-state index >= 15 is 0 Å². The first-order valence-electron chi connectivity index (χ1n) is 6.82. The highest BCUT2D eigenvalue weighted by atomic mass is 16.2. The van der Waals surface area contributed by atoms with Crippen molar-refractivity contribution in [2.75, 3.05) is 6.54 Å². The fourth-order valence-corrected chi connectivity index (χ4v) is 2.51. The first kappa shape index (κ1) is 12.7. The smallest absolute Gasteiger partial charge is 0.275 e. The third kappa shape index (κ3) is 2.14. The summed E-state index contributed by atoms with van der Waals surface area (Å²) in [4.78, 5) is 14.5. The van der Waals surface area contributed by atoms with Crippen LogP contribution in [0.25, 0.3) is 10.9 Å². The lowest BCUT2D eigenvalue weighted by atomic mass is 10.2. The minimum atomic E-state index is -0.0560. The molecule has 1 aromatic carbocycles. The van der Waals surface area contributed by atoms with E-state index in [-0.39, 0.29) is 11.9 Å². The molecular weight excluding hydrogens is 252 g/mol. The average Bonchev–Trinajstić information content (AvgIpc) is 3.24. The highest BCUT2D eigenvalue weighted by Crippen LogP contribution is 2.29. The zero-order chi connectivity index (χ0) is 14.1. The standard InChI is InChI=1S/C15H16N4O/c1-18-13-6-3-2-5-12(13)14(17-18)15(20)19(10-4-9-16)11-7-8-11/h2-3,5-6,11H,4,7-8,10H2,1H3. The normalized spacial score (nSPS) is 14.2. The molecule has 2 aromatic rings. The van der Waals surface area contributed by atoms with Gasteiger partial charge in [0.25, 0.3) is 5.91 Å². The number of carbonyl (C=O) groups is 1. The van der Waals surface area contributed by atoms with E-state index in [4.69, 9.17) is 5.26 Å². The van der Waals surface area contributed by atoms with Gasteiger partial charge in [0.2, 0.25) is 0 Å². The molecule has 1 heterocycles. The maximum Gasteiger partial charge on any atom is 0.275 e. The van der Waals surface area contributed by atoms with E-state index in [9.17, 15) is 4.79 Å². The molecule has 0 radical (unpaired) electrons. The summed E-state index contributed by atoms with van der Waals surface area (Å²) in [7, 11) is 1.84. The molecule has 1 aliphatic carbocycles. The van der Waals surface area contributed by atoms with E-state index in [1.165, 1.54) is 0 Å². The predicted octanol–water partition coefficient (Wildman–Crippen LogP) is 2.09. The van der Waals surface area contributed by atoms with Crippen molar-refractivity contribution in [1.29, 1.82) is 5.26 Å². The molecule has 20 heavy (non-hydrogen) atoms. The number of nitriles is 1. The second kappa shape index (κ2) is 4.97. The van der Waals surface area contributed by atoms with Crippen molar-refractivity contribution in [3.8, 4) is 6.07 Å². The Bertz CT molecular complexity index is 693. The summed E-state index contributed by atoms with van der Waals surface area (Å²) in [5.74, 6) is -0.0560. The molecule has 1 aromatic heterocycles. The number of nitrogens with zero attached hydrogens (tertiary/aromatic N) is 4. The van der Waals surface area contributed by atoms with Crippen molar-refractivity contribution in [1.82, 2.24) is 14.7 Å². The largest absolute Gasteiger partial charge is 0.333 e. The minimum absolute atomic E-state index is 0.0560. The van der Waals surface area contributed by atoms with Crippen LogP contribution in [-0.2, 0) is 7.05 Å². The first-order valence-corrected chi connectivity index (χ1v) is 6.82. The van der Waals surface area contributed by atoms with Crippen LogP contribution in [0.1, 0.15) is 29.8 Å². The Morgan fingerprint density at radius 3 is 2.95 bits per heavy atom. The highest BCUT2D eigenvalue weighted by Gasteiger charge is 2.34. The van der Waals surface area contributed by atoms with Crippen LogP contribution >= 0.6 is 0 Å². The average molecular weight is 268 g/mol. The lowest BCUT2D eigenvalue weighted by molar-refractivity contribution is 0.0742. The number of fused-ring (bicyclic) bond motifs is 1. The Labute approximate surface area is 117 Å². The molecule has 102 valence electrons. The lowest BCUT2D eigenvalue weighted by Crippen LogP contribution is -2.34. The van der Waals surface area contributed by atoms with E-state index in [0.29, 0.717) is 18.7 Å². The zero-order valence-electron chi connectivity index (χ0n) is 11.4. The monoisotopic (exact) mass is 268 g/mol. The molecule has 0 atom stereocenters. The molecule has 3 rings (SSSR count). The molecule has 0 bridgehead atoms. The van der Waals surface area contributed by atoms with Crippen molar-refractivity contribution in [2.45, 2.75) is 25.3 Å². The maximum absolute atomic E-state index is 12.7. The molecule has 5 heteroatoms. The van der Waals surface area contributed by atoms with Gasteiger partial charge in [-0.2, -0.15) is 10.4 Å². The number of aryl methyl sites for hydroxylation is 1. The van der Waals surface area contributed by atoms with Gasteiger partial charge in [-0.25, -0.2) is 0 Å². The Morgan fingerprint density at radius 1 is 1.50 bits per heavy atom. The number of carbonyl (C=O) groups excluding carboxylic acids is 1. The highest BCUT2D eigenvalue weighted by molar-refractivity contribution is 6.05. The summed E-state index contributed by atoms with van der Waals surface area (Å²) in [5, 5.41) is 14.0. The van der Waals surface area contributed by atoms with Gasteiger partial charge in [-0.1, -0.05) is 18.2 Å². The number of benzene rings is 1. The minimum Gasteiger partial charge on any atom is -0.333 e. The summed E-state index contributed by atoms with van der Waals surface area (Å²) in [6.07, 6.45) is 2.43. The van der Waals surface area contributed by atoms with Gasteiger partial charge in [-0.3, -0.25) is 9.48 Å². The van der Waals surface area contributed by atoms with Gasteiger partial charge < -0.3 is 4.90 Å². The first-order chi connectivity index (χ1) is 9.72. The number of amides is 1. The van der Waals surface area contributed by atoms with Gasteiger partial charge in [-0.15, -0.1) is 0 Å². The Hall–Kier alpha value is -2.35. The Balaban J connectivity index is 1.97. The van der Waals surface area contributed by atoms with Crippen LogP contribution in [-0.4, -0.2) is 33.2 Å². The molecule has 1 saturated carbocycles. The summed E-state index contributed by atoms with van der Waals surface area (Å²) in [6, 6.07) is 10.1. The molecule has 0 N–H and O–H groups in total. The van der Waals surface area contributed by atoms with Gasteiger partial charge in [0.1, 0.15) is 0 Å². The van der Waals surface area contributed by atoms with E-state index < -0.39 is 0 Å². The second-order valence-corrected chi connectivity index (χ2v) is 5.13. The number of para-hydroxylation sites is 1. The van der Waals surface area contributed by atoms with Crippen molar-refractivity contribution in [3.63, 3.8) is 0 Å². The van der Waals surface area contributed by atoms with Crippen molar-refractivity contribution in [2.24, 2.45) is 7.05 Å². The molecule has 0 spiro atoms. The van der Waals surface area contributed by atoms with Gasteiger partial charge in [0.15, 0.2) is 5.69 Å². The van der Waals surface area contributed by atoms with Crippen LogP contribution in [0.5, 0.6) is 0 Å². The van der Waals surface area contributed by atoms with Gasteiger partial charge in [-0.05, 0) is 18.9 Å². The van der Waals surface area contributed by atoms with Crippen LogP contribution in [0.15, 0.2) is 24.3 Å². The number of aromatic nitrogens is 2. The summed E-state index contributed by atoms with van der Waals surface area (Å²) >= 11 is 0. The number of rotatable bonds is 4. The lowest BCUT2D eigenvalue weighted by Gasteiger charge is -2.20. The van der Waals surface area contributed by atoms with E-state index in [0.717, 1.165) is 23.7 Å². The Morgan fingerprint density at radius 2 is 2.25 bits per heavy atom. The molecule has 0 unspecified atom stereocenters. The molecule has 1 fully saturated rings. The Kier molecular flexibility index (Phi) is 3.15. The van der Waals surface area contributed by atoms with Crippen molar-refractivity contribution >= 4 is 16.8 Å². The van der Waals surface area contributed by atoms with E-state index in [1.54, 1.807) is 9.58 Å². The summed E-state index contributed by atoms with van der Waals surface area (Å²) in [6.45, 7) is 0.491. The SMILES string of the molecule is Cn1nc(C(=O)N(CCC#N)C2CC2)c2ccccc21. The second-order valence-electron chi connectivity index (χ2n) is 5.13. The zero-order valence-corrected chi connectivity index (χ0v) is 11.4. The fourth-order valence-electron chi connectivity index (χ4n) is 2.51. The molecule has 1 amide bonds. The quantitative estimate of drug-likeness (QED) is 0.853. The molecule has 5 nitrogen and oxygen atoms in total. The third-order valence-corrected chi connectivity index (χ3v) is 3.67. The topological polar surface area (TPSA) is 61.9 Å². The van der Waals surface area contributed by atoms with Crippen molar-refractivity contribution in [3.05, 3.63) is 30.0 Å². The van der Waals surface area contributed by atoms with Crippen LogP contribution < -0.4 is 0 Å². The summed E-state index contributed by atoms with van der Waals surface area (Å²) < 4.78 is 1.73. The van der Waals surface area contributed by atoms with E-state index in [1.807, 2.05) is 31.3 Å². The van der Waals surface area contributed by atoms with Crippen LogP contribution in [0.4, 0.5) is 0 Å². The van der Waals surface area contributed by atoms with Gasteiger partial charge in [0, 0.05) is 25.0 Å². The van der Waals surface area contributed by atoms with Crippen LogP contribution in [0.2, 0.25) is 0 Å². The fraction of sp³-hybridized carbons (Fsp3) is 0.400. The molecule has 0 saturated heterocycles. The molecule has 1 aliphatic rings. The number of hydrogen-bond acceptors (Lipinski definition) is 3. The molecular formula is C15H16N4O. The molecule has 0 aliphatic heterocycles. The predicted molar refractivity (Wildman–Crippen MR) is 75.0 cm³/mol.